The van der Waals surface area contributed by atoms with Crippen molar-refractivity contribution in [3.05, 3.63) is 53.7 Å². The van der Waals surface area contributed by atoms with Gasteiger partial charge in [-0.2, -0.15) is 5.10 Å². The molecule has 1 atom stereocenters. The molecule has 0 radical (unpaired) electrons. The van der Waals surface area contributed by atoms with Gasteiger partial charge in [0.1, 0.15) is 5.82 Å². The molecule has 2 amide bonds. The SMILES string of the molecule is CC(NC(=O)NCCc1c[nH]c2ccc(F)cc12)c1cn[nH]c1. The molecule has 4 N–H and O–H groups in total. The number of carbonyl (C=O) groups is 1. The number of nitrogens with one attached hydrogen (secondary N) is 4. The van der Waals surface area contributed by atoms with Crippen molar-refractivity contribution >= 4 is 16.9 Å². The number of urea groups is 1. The molecule has 2 heterocycles. The third-order valence-corrected chi connectivity index (χ3v) is 3.78. The summed E-state index contributed by atoms with van der Waals surface area (Å²) >= 11 is 0. The van der Waals surface area contributed by atoms with Gasteiger partial charge in [0.15, 0.2) is 0 Å². The number of nitrogens with zero attached hydrogens (tertiary/aromatic N) is 1. The van der Waals surface area contributed by atoms with Crippen LogP contribution >= 0.6 is 0 Å². The average molecular weight is 315 g/mol. The Morgan fingerprint density at radius 1 is 1.39 bits per heavy atom. The Balaban J connectivity index is 1.52. The molecular weight excluding hydrogens is 297 g/mol. The number of benzene rings is 1. The van der Waals surface area contributed by atoms with Crippen LogP contribution in [0, 0.1) is 5.82 Å². The van der Waals surface area contributed by atoms with Gasteiger partial charge in [0, 0.05) is 35.4 Å². The zero-order valence-corrected chi connectivity index (χ0v) is 12.7. The largest absolute Gasteiger partial charge is 0.361 e. The molecule has 1 unspecified atom stereocenters. The van der Waals surface area contributed by atoms with Gasteiger partial charge in [-0.25, -0.2) is 9.18 Å². The Morgan fingerprint density at radius 2 is 2.26 bits per heavy atom. The van der Waals surface area contributed by atoms with Gasteiger partial charge in [0.05, 0.1) is 12.2 Å². The topological polar surface area (TPSA) is 85.6 Å². The van der Waals surface area contributed by atoms with Crippen molar-refractivity contribution in [3.8, 4) is 0 Å². The van der Waals surface area contributed by atoms with Gasteiger partial charge in [-0.1, -0.05) is 0 Å². The minimum atomic E-state index is -0.266. The second kappa shape index (κ2) is 6.51. The number of fused-ring (bicyclic) bond motifs is 1. The maximum atomic E-state index is 13.3. The summed E-state index contributed by atoms with van der Waals surface area (Å²) in [6.07, 6.45) is 5.88. The Hall–Kier alpha value is -2.83. The Labute approximate surface area is 132 Å². The summed E-state index contributed by atoms with van der Waals surface area (Å²) in [4.78, 5) is 15.0. The Bertz CT molecular complexity index is 796. The molecule has 0 saturated carbocycles. The number of aromatic nitrogens is 3. The number of rotatable bonds is 5. The maximum absolute atomic E-state index is 13.3. The van der Waals surface area contributed by atoms with Crippen LogP contribution in [0.15, 0.2) is 36.8 Å². The van der Waals surface area contributed by atoms with E-state index in [0.29, 0.717) is 13.0 Å². The Morgan fingerprint density at radius 3 is 3.04 bits per heavy atom. The second-order valence-electron chi connectivity index (χ2n) is 5.41. The molecule has 0 aliphatic heterocycles. The minimum Gasteiger partial charge on any atom is -0.361 e. The molecule has 7 heteroatoms. The van der Waals surface area contributed by atoms with Crippen LogP contribution in [0.25, 0.3) is 10.9 Å². The van der Waals surface area contributed by atoms with Gasteiger partial charge >= 0.3 is 6.03 Å². The summed E-state index contributed by atoms with van der Waals surface area (Å²) in [5.41, 5.74) is 2.77. The van der Waals surface area contributed by atoms with Crippen LogP contribution in [0.2, 0.25) is 0 Å². The number of hydrogen-bond acceptors (Lipinski definition) is 2. The zero-order valence-electron chi connectivity index (χ0n) is 12.7. The van der Waals surface area contributed by atoms with Gasteiger partial charge in [0.25, 0.3) is 0 Å². The van der Waals surface area contributed by atoms with Crippen LogP contribution in [-0.4, -0.2) is 27.8 Å². The fourth-order valence-electron chi connectivity index (χ4n) is 2.50. The van der Waals surface area contributed by atoms with Crippen LogP contribution < -0.4 is 10.6 Å². The monoisotopic (exact) mass is 315 g/mol. The third-order valence-electron chi connectivity index (χ3n) is 3.78. The van der Waals surface area contributed by atoms with Crippen LogP contribution in [0.3, 0.4) is 0 Å². The third kappa shape index (κ3) is 3.50. The van der Waals surface area contributed by atoms with E-state index < -0.39 is 0 Å². The summed E-state index contributed by atoms with van der Waals surface area (Å²) in [6, 6.07) is 4.26. The number of aromatic amines is 2. The molecule has 23 heavy (non-hydrogen) atoms. The van der Waals surface area contributed by atoms with E-state index >= 15 is 0 Å². The summed E-state index contributed by atoms with van der Waals surface area (Å²) < 4.78 is 13.3. The van der Waals surface area contributed by atoms with E-state index in [9.17, 15) is 9.18 Å². The molecule has 0 saturated heterocycles. The van der Waals surface area contributed by atoms with Crippen molar-refractivity contribution in [2.24, 2.45) is 0 Å². The smallest absolute Gasteiger partial charge is 0.315 e. The van der Waals surface area contributed by atoms with Crippen molar-refractivity contribution in [1.82, 2.24) is 25.8 Å². The average Bonchev–Trinajstić information content (AvgIpc) is 3.17. The van der Waals surface area contributed by atoms with Crippen LogP contribution in [0.4, 0.5) is 9.18 Å². The molecule has 120 valence electrons. The Kier molecular flexibility index (Phi) is 4.27. The highest BCUT2D eigenvalue weighted by molar-refractivity contribution is 5.83. The van der Waals surface area contributed by atoms with Gasteiger partial charge in [-0.15, -0.1) is 0 Å². The lowest BCUT2D eigenvalue weighted by atomic mass is 10.1. The van der Waals surface area contributed by atoms with Crippen molar-refractivity contribution in [3.63, 3.8) is 0 Å². The number of halogens is 1. The van der Waals surface area contributed by atoms with E-state index in [4.69, 9.17) is 0 Å². The number of hydrogen-bond donors (Lipinski definition) is 4. The summed E-state index contributed by atoms with van der Waals surface area (Å²) in [5, 5.41) is 13.0. The standard InChI is InChI=1S/C16H18FN5O/c1-10(12-8-20-21-9-12)22-16(23)18-5-4-11-7-19-15-3-2-13(17)6-14(11)15/h2-3,6-10,19H,4-5H2,1H3,(H,20,21)(H2,18,22,23). The molecule has 0 spiro atoms. The fourth-order valence-corrected chi connectivity index (χ4v) is 2.50. The van der Waals surface area contributed by atoms with Gasteiger partial charge in [0.2, 0.25) is 0 Å². The highest BCUT2D eigenvalue weighted by Gasteiger charge is 2.10. The predicted octanol–water partition coefficient (Wildman–Crippen LogP) is 2.63. The van der Waals surface area contributed by atoms with E-state index in [1.165, 1.54) is 12.1 Å². The van der Waals surface area contributed by atoms with E-state index in [-0.39, 0.29) is 17.9 Å². The first-order chi connectivity index (χ1) is 11.1. The van der Waals surface area contributed by atoms with Crippen molar-refractivity contribution < 1.29 is 9.18 Å². The highest BCUT2D eigenvalue weighted by Crippen LogP contribution is 2.19. The predicted molar refractivity (Wildman–Crippen MR) is 85.5 cm³/mol. The number of amides is 2. The molecule has 3 rings (SSSR count). The second-order valence-corrected chi connectivity index (χ2v) is 5.41. The molecule has 0 bridgehead atoms. The van der Waals surface area contributed by atoms with Crippen molar-refractivity contribution in [2.75, 3.05) is 6.54 Å². The molecule has 2 aromatic heterocycles. The lowest BCUT2D eigenvalue weighted by molar-refractivity contribution is 0.238. The zero-order chi connectivity index (χ0) is 16.2. The van der Waals surface area contributed by atoms with Crippen LogP contribution in [0.1, 0.15) is 24.1 Å². The molecule has 0 aliphatic rings. The van der Waals surface area contributed by atoms with Crippen LogP contribution in [-0.2, 0) is 6.42 Å². The first-order valence-electron chi connectivity index (χ1n) is 7.42. The summed E-state index contributed by atoms with van der Waals surface area (Å²) in [5.74, 6) is -0.266. The number of H-pyrrole nitrogens is 2. The lowest BCUT2D eigenvalue weighted by Crippen LogP contribution is -2.37. The van der Waals surface area contributed by atoms with E-state index in [1.54, 1.807) is 18.5 Å². The van der Waals surface area contributed by atoms with E-state index in [2.05, 4.69) is 25.8 Å². The first kappa shape index (κ1) is 15.1. The first-order valence-corrected chi connectivity index (χ1v) is 7.42. The quantitative estimate of drug-likeness (QED) is 0.583. The lowest BCUT2D eigenvalue weighted by Gasteiger charge is -2.12. The molecule has 1 aromatic carbocycles. The van der Waals surface area contributed by atoms with Crippen molar-refractivity contribution in [2.45, 2.75) is 19.4 Å². The van der Waals surface area contributed by atoms with Crippen LogP contribution in [0.5, 0.6) is 0 Å². The van der Waals surface area contributed by atoms with Gasteiger partial charge in [-0.3, -0.25) is 5.10 Å². The molecule has 0 fully saturated rings. The van der Waals surface area contributed by atoms with Gasteiger partial charge < -0.3 is 15.6 Å². The fraction of sp³-hybridized carbons (Fsp3) is 0.250. The molecule has 3 aromatic rings. The van der Waals surface area contributed by atoms with Gasteiger partial charge in [-0.05, 0) is 37.1 Å². The molecule has 6 nitrogen and oxygen atoms in total. The minimum absolute atomic E-state index is 0.129. The molecular formula is C16H18FN5O. The highest BCUT2D eigenvalue weighted by atomic mass is 19.1. The summed E-state index contributed by atoms with van der Waals surface area (Å²) in [7, 11) is 0. The normalized spacial score (nSPS) is 12.3. The van der Waals surface area contributed by atoms with E-state index in [1.807, 2.05) is 13.1 Å². The number of carbonyl (C=O) groups excluding carboxylic acids is 1. The summed E-state index contributed by atoms with van der Waals surface area (Å²) in [6.45, 7) is 2.35. The van der Waals surface area contributed by atoms with Crippen molar-refractivity contribution in [1.29, 1.82) is 0 Å². The maximum Gasteiger partial charge on any atom is 0.315 e. The molecule has 0 aliphatic carbocycles. The van der Waals surface area contributed by atoms with E-state index in [0.717, 1.165) is 22.0 Å².